The van der Waals surface area contributed by atoms with Crippen LogP contribution in [0.2, 0.25) is 0 Å². The van der Waals surface area contributed by atoms with E-state index in [1.807, 2.05) is 12.1 Å². The molecule has 0 atom stereocenters. The minimum Gasteiger partial charge on any atom is -0.352 e. The van der Waals surface area contributed by atoms with Gasteiger partial charge >= 0.3 is 0 Å². The van der Waals surface area contributed by atoms with Crippen molar-refractivity contribution in [3.05, 3.63) is 67.3 Å². The molecule has 3 rings (SSSR count). The molecule has 1 amide bonds. The van der Waals surface area contributed by atoms with E-state index < -0.39 is 0 Å². The maximum absolute atomic E-state index is 13.3. The van der Waals surface area contributed by atoms with Crippen LogP contribution in [0.3, 0.4) is 0 Å². The van der Waals surface area contributed by atoms with E-state index in [9.17, 15) is 9.18 Å². The lowest BCUT2D eigenvalue weighted by Gasteiger charge is -2.10. The molecule has 0 bridgehead atoms. The molecule has 0 saturated heterocycles. The molecular formula is C18H16FN5OS. The minimum absolute atomic E-state index is 0.131. The van der Waals surface area contributed by atoms with E-state index in [0.29, 0.717) is 23.2 Å². The second-order valence-electron chi connectivity index (χ2n) is 5.24. The quantitative estimate of drug-likeness (QED) is 0.512. The van der Waals surface area contributed by atoms with Crippen molar-refractivity contribution in [3.8, 4) is 17.1 Å². The van der Waals surface area contributed by atoms with Crippen LogP contribution in [0.25, 0.3) is 17.1 Å². The molecule has 0 radical (unpaired) electrons. The average molecular weight is 369 g/mol. The number of pyridine rings is 1. The number of hydrogen-bond acceptors (Lipinski definition) is 5. The van der Waals surface area contributed by atoms with Crippen LogP contribution in [0, 0.1) is 5.82 Å². The SMILES string of the molecule is C=CCNC(=O)CSc1nnc(-c2ccncc2)n1-c1ccc(F)cc1. The largest absolute Gasteiger partial charge is 0.352 e. The number of amides is 1. The summed E-state index contributed by atoms with van der Waals surface area (Å²) >= 11 is 1.25. The third-order valence-electron chi connectivity index (χ3n) is 3.43. The third kappa shape index (κ3) is 4.15. The van der Waals surface area contributed by atoms with Gasteiger partial charge in [0.1, 0.15) is 5.82 Å². The zero-order valence-corrected chi connectivity index (χ0v) is 14.6. The highest BCUT2D eigenvalue weighted by molar-refractivity contribution is 7.99. The van der Waals surface area contributed by atoms with Crippen LogP contribution in [0.5, 0.6) is 0 Å². The molecule has 0 aliphatic rings. The Kier molecular flexibility index (Phi) is 5.75. The van der Waals surface area contributed by atoms with Crippen molar-refractivity contribution in [1.29, 1.82) is 0 Å². The molecule has 2 heterocycles. The van der Waals surface area contributed by atoms with Gasteiger partial charge < -0.3 is 5.32 Å². The van der Waals surface area contributed by atoms with Crippen LogP contribution in [0.4, 0.5) is 4.39 Å². The van der Waals surface area contributed by atoms with Gasteiger partial charge in [-0.15, -0.1) is 16.8 Å². The summed E-state index contributed by atoms with van der Waals surface area (Å²) < 4.78 is 15.1. The lowest BCUT2D eigenvalue weighted by atomic mass is 10.2. The van der Waals surface area contributed by atoms with Gasteiger partial charge in [0.05, 0.1) is 5.75 Å². The van der Waals surface area contributed by atoms with Crippen LogP contribution in [0.1, 0.15) is 0 Å². The van der Waals surface area contributed by atoms with Gasteiger partial charge in [-0.05, 0) is 36.4 Å². The first-order valence-electron chi connectivity index (χ1n) is 7.81. The molecule has 26 heavy (non-hydrogen) atoms. The van der Waals surface area contributed by atoms with Gasteiger partial charge in [-0.1, -0.05) is 17.8 Å². The fourth-order valence-corrected chi connectivity index (χ4v) is 3.02. The predicted molar refractivity (Wildman–Crippen MR) is 98.5 cm³/mol. The molecule has 132 valence electrons. The van der Waals surface area contributed by atoms with E-state index in [4.69, 9.17) is 0 Å². The van der Waals surface area contributed by atoms with Crippen molar-refractivity contribution in [2.24, 2.45) is 0 Å². The second-order valence-corrected chi connectivity index (χ2v) is 6.18. The summed E-state index contributed by atoms with van der Waals surface area (Å²) in [6.07, 6.45) is 4.94. The van der Waals surface area contributed by atoms with Gasteiger partial charge in [0, 0.05) is 30.2 Å². The third-order valence-corrected chi connectivity index (χ3v) is 4.36. The Morgan fingerprint density at radius 3 is 2.62 bits per heavy atom. The van der Waals surface area contributed by atoms with E-state index in [0.717, 1.165) is 5.56 Å². The normalized spacial score (nSPS) is 10.5. The van der Waals surface area contributed by atoms with E-state index in [1.165, 1.54) is 23.9 Å². The fourth-order valence-electron chi connectivity index (χ4n) is 2.24. The Balaban J connectivity index is 1.94. The molecule has 1 N–H and O–H groups in total. The maximum Gasteiger partial charge on any atom is 0.230 e. The first kappa shape index (κ1) is 17.8. The monoisotopic (exact) mass is 369 g/mol. The smallest absolute Gasteiger partial charge is 0.230 e. The van der Waals surface area contributed by atoms with Crippen molar-refractivity contribution in [2.75, 3.05) is 12.3 Å². The summed E-state index contributed by atoms with van der Waals surface area (Å²) in [4.78, 5) is 15.9. The van der Waals surface area contributed by atoms with Crippen LogP contribution in [-0.2, 0) is 4.79 Å². The van der Waals surface area contributed by atoms with Crippen LogP contribution >= 0.6 is 11.8 Å². The maximum atomic E-state index is 13.3. The van der Waals surface area contributed by atoms with Gasteiger partial charge in [-0.3, -0.25) is 14.3 Å². The predicted octanol–water partition coefficient (Wildman–Crippen LogP) is 2.86. The van der Waals surface area contributed by atoms with E-state index in [1.54, 1.807) is 35.2 Å². The number of thioether (sulfide) groups is 1. The summed E-state index contributed by atoms with van der Waals surface area (Å²) in [5.74, 6) is 0.316. The Bertz CT molecular complexity index is 896. The van der Waals surface area contributed by atoms with Crippen molar-refractivity contribution in [1.82, 2.24) is 25.1 Å². The summed E-state index contributed by atoms with van der Waals surface area (Å²) in [6.45, 7) is 3.97. The van der Waals surface area contributed by atoms with Gasteiger partial charge in [-0.25, -0.2) is 4.39 Å². The highest BCUT2D eigenvalue weighted by Crippen LogP contribution is 2.27. The zero-order valence-electron chi connectivity index (χ0n) is 13.8. The number of aromatic nitrogens is 4. The van der Waals surface area contributed by atoms with Crippen molar-refractivity contribution in [3.63, 3.8) is 0 Å². The zero-order chi connectivity index (χ0) is 18.4. The van der Waals surface area contributed by atoms with Crippen molar-refractivity contribution in [2.45, 2.75) is 5.16 Å². The molecule has 1 aromatic carbocycles. The molecule has 0 aliphatic heterocycles. The van der Waals surface area contributed by atoms with E-state index in [-0.39, 0.29) is 17.5 Å². The molecule has 3 aromatic rings. The Labute approximate surface area is 154 Å². The van der Waals surface area contributed by atoms with E-state index in [2.05, 4.69) is 27.1 Å². The molecule has 0 saturated carbocycles. The summed E-state index contributed by atoms with van der Waals surface area (Å²) in [7, 11) is 0. The van der Waals surface area contributed by atoms with Gasteiger partial charge in [0.15, 0.2) is 11.0 Å². The highest BCUT2D eigenvalue weighted by atomic mass is 32.2. The lowest BCUT2D eigenvalue weighted by molar-refractivity contribution is -0.118. The number of nitrogens with one attached hydrogen (secondary N) is 1. The number of benzene rings is 1. The average Bonchev–Trinajstić information content (AvgIpc) is 3.10. The molecule has 0 aliphatic carbocycles. The molecule has 0 spiro atoms. The molecule has 6 nitrogen and oxygen atoms in total. The van der Waals surface area contributed by atoms with Gasteiger partial charge in [0.2, 0.25) is 5.91 Å². The fraction of sp³-hybridized carbons (Fsp3) is 0.111. The topological polar surface area (TPSA) is 72.7 Å². The highest BCUT2D eigenvalue weighted by Gasteiger charge is 2.17. The molecular weight excluding hydrogens is 353 g/mol. The Morgan fingerprint density at radius 2 is 1.92 bits per heavy atom. The molecule has 8 heteroatoms. The Hall–Kier alpha value is -3.00. The minimum atomic E-state index is -0.328. The summed E-state index contributed by atoms with van der Waals surface area (Å²) in [5.41, 5.74) is 1.52. The van der Waals surface area contributed by atoms with Crippen LogP contribution in [-0.4, -0.2) is 38.0 Å². The van der Waals surface area contributed by atoms with E-state index >= 15 is 0 Å². The van der Waals surface area contributed by atoms with Crippen LogP contribution in [0.15, 0.2) is 66.6 Å². The number of nitrogens with zero attached hydrogens (tertiary/aromatic N) is 4. The summed E-state index contributed by atoms with van der Waals surface area (Å²) in [5, 5.41) is 11.7. The second kappa shape index (κ2) is 8.39. The number of carbonyl (C=O) groups excluding carboxylic acids is 1. The molecule has 0 unspecified atom stereocenters. The molecule has 2 aromatic heterocycles. The number of hydrogen-bond donors (Lipinski definition) is 1. The first-order chi connectivity index (χ1) is 12.7. The summed E-state index contributed by atoms with van der Waals surface area (Å²) in [6, 6.07) is 9.66. The Morgan fingerprint density at radius 1 is 1.19 bits per heavy atom. The van der Waals surface area contributed by atoms with Crippen molar-refractivity contribution < 1.29 is 9.18 Å². The van der Waals surface area contributed by atoms with Crippen LogP contribution < -0.4 is 5.32 Å². The standard InChI is InChI=1S/C18H16FN5OS/c1-2-9-21-16(25)12-26-18-23-22-17(13-7-10-20-11-8-13)24(18)15-5-3-14(19)4-6-15/h2-8,10-11H,1,9,12H2,(H,21,25). The van der Waals surface area contributed by atoms with Gasteiger partial charge in [0.25, 0.3) is 0 Å². The van der Waals surface area contributed by atoms with Gasteiger partial charge in [-0.2, -0.15) is 0 Å². The van der Waals surface area contributed by atoms with Crippen molar-refractivity contribution >= 4 is 17.7 Å². The number of rotatable bonds is 7. The molecule has 0 fully saturated rings. The first-order valence-corrected chi connectivity index (χ1v) is 8.79. The lowest BCUT2D eigenvalue weighted by Crippen LogP contribution is -2.25. The number of halogens is 1. The number of carbonyl (C=O) groups is 1.